The van der Waals surface area contributed by atoms with E-state index in [1.165, 1.54) is 13.3 Å². The largest absolute Gasteiger partial charge is 0.465 e. The molecular formula is C12H16BrN3O4. The summed E-state index contributed by atoms with van der Waals surface area (Å²) in [5, 5.41) is 19.7. The van der Waals surface area contributed by atoms with Gasteiger partial charge >= 0.3 is 5.97 Å². The minimum absolute atomic E-state index is 0.191. The zero-order chi connectivity index (χ0) is 14.9. The van der Waals surface area contributed by atoms with Gasteiger partial charge in [0.2, 0.25) is 0 Å². The monoisotopic (exact) mass is 345 g/mol. The van der Waals surface area contributed by atoms with Gasteiger partial charge in [-0.2, -0.15) is 0 Å². The molecule has 0 aliphatic carbocycles. The average molecular weight is 346 g/mol. The van der Waals surface area contributed by atoms with Crippen LogP contribution in [0.15, 0.2) is 16.7 Å². The molecule has 1 aliphatic rings. The summed E-state index contributed by atoms with van der Waals surface area (Å²) in [6, 6.07) is 0.879. The maximum absolute atomic E-state index is 11.8. The Hall–Kier alpha value is -1.22. The van der Waals surface area contributed by atoms with Gasteiger partial charge in [0.05, 0.1) is 25.4 Å². The van der Waals surface area contributed by atoms with Crippen molar-refractivity contribution in [2.45, 2.75) is 18.2 Å². The number of pyridine rings is 1. The standard InChI is InChI=1S/C12H16BrN3O4/c1-20-12(19)7-2-6(13)3-15-11(7)16-4-8(17)10(14)9(18)5-16/h2-3,8-10,17-18H,4-5,14H2,1H3. The molecule has 1 fully saturated rings. The highest BCUT2D eigenvalue weighted by atomic mass is 79.9. The molecule has 7 nitrogen and oxygen atoms in total. The van der Waals surface area contributed by atoms with Crippen LogP contribution in [0.2, 0.25) is 0 Å². The number of aromatic nitrogens is 1. The Morgan fingerprint density at radius 3 is 2.65 bits per heavy atom. The highest BCUT2D eigenvalue weighted by molar-refractivity contribution is 9.10. The maximum atomic E-state index is 11.8. The van der Waals surface area contributed by atoms with E-state index >= 15 is 0 Å². The summed E-state index contributed by atoms with van der Waals surface area (Å²) < 4.78 is 5.36. The highest BCUT2D eigenvalue weighted by Crippen LogP contribution is 2.25. The van der Waals surface area contributed by atoms with E-state index in [4.69, 9.17) is 10.5 Å². The molecule has 110 valence electrons. The van der Waals surface area contributed by atoms with Crippen LogP contribution in [0.4, 0.5) is 5.82 Å². The van der Waals surface area contributed by atoms with E-state index in [0.717, 1.165) is 0 Å². The first kappa shape index (κ1) is 15.2. The number of esters is 1. The number of aliphatic hydroxyl groups excluding tert-OH is 2. The van der Waals surface area contributed by atoms with E-state index in [0.29, 0.717) is 10.3 Å². The molecule has 0 aromatic carbocycles. The Bertz CT molecular complexity index is 501. The molecule has 1 aliphatic heterocycles. The number of piperidine rings is 1. The quantitative estimate of drug-likeness (QED) is 0.620. The lowest BCUT2D eigenvalue weighted by molar-refractivity contribution is 0.0405. The zero-order valence-electron chi connectivity index (χ0n) is 10.9. The van der Waals surface area contributed by atoms with Crippen LogP contribution >= 0.6 is 15.9 Å². The third-order valence-corrected chi connectivity index (χ3v) is 3.68. The van der Waals surface area contributed by atoms with E-state index < -0.39 is 24.2 Å². The molecule has 1 aromatic rings. The van der Waals surface area contributed by atoms with Gasteiger partial charge < -0.3 is 25.6 Å². The molecule has 20 heavy (non-hydrogen) atoms. The van der Waals surface area contributed by atoms with Crippen LogP contribution in [0.1, 0.15) is 10.4 Å². The number of methoxy groups -OCH3 is 1. The minimum Gasteiger partial charge on any atom is -0.465 e. The van der Waals surface area contributed by atoms with E-state index in [2.05, 4.69) is 20.9 Å². The number of halogens is 1. The van der Waals surface area contributed by atoms with Gasteiger partial charge in [-0.3, -0.25) is 0 Å². The second kappa shape index (κ2) is 6.04. The molecule has 0 saturated carbocycles. The van der Waals surface area contributed by atoms with Crippen LogP contribution in [0.5, 0.6) is 0 Å². The predicted molar refractivity (Wildman–Crippen MR) is 75.5 cm³/mol. The number of aliphatic hydroxyl groups is 2. The highest BCUT2D eigenvalue weighted by Gasteiger charge is 2.34. The number of carbonyl (C=O) groups is 1. The van der Waals surface area contributed by atoms with E-state index in [1.807, 2.05) is 0 Å². The Morgan fingerprint density at radius 2 is 2.10 bits per heavy atom. The summed E-state index contributed by atoms with van der Waals surface area (Å²) >= 11 is 3.24. The normalized spacial score (nSPS) is 26.4. The lowest BCUT2D eigenvalue weighted by Crippen LogP contribution is -2.59. The van der Waals surface area contributed by atoms with Gasteiger partial charge in [-0.05, 0) is 22.0 Å². The van der Waals surface area contributed by atoms with Crippen molar-refractivity contribution in [3.63, 3.8) is 0 Å². The molecule has 8 heteroatoms. The summed E-state index contributed by atoms with van der Waals surface area (Å²) in [7, 11) is 1.28. The molecule has 2 rings (SSSR count). The molecule has 0 bridgehead atoms. The molecule has 0 amide bonds. The number of anilines is 1. The zero-order valence-corrected chi connectivity index (χ0v) is 12.4. The van der Waals surface area contributed by atoms with Crippen LogP contribution in [-0.2, 0) is 4.74 Å². The lowest BCUT2D eigenvalue weighted by atomic mass is 9.99. The first-order valence-corrected chi connectivity index (χ1v) is 6.84. The Labute approximate surface area is 124 Å². The van der Waals surface area contributed by atoms with Gasteiger partial charge in [0.25, 0.3) is 0 Å². The van der Waals surface area contributed by atoms with E-state index in [1.54, 1.807) is 11.0 Å². The fraction of sp³-hybridized carbons (Fsp3) is 0.500. The van der Waals surface area contributed by atoms with Crippen molar-refractivity contribution in [1.29, 1.82) is 0 Å². The SMILES string of the molecule is COC(=O)c1cc(Br)cnc1N1CC(O)C(N)C(O)C1. The summed E-state index contributed by atoms with van der Waals surface area (Å²) in [6.07, 6.45) is -0.251. The number of ether oxygens (including phenoxy) is 1. The van der Waals surface area contributed by atoms with Gasteiger partial charge in [-0.1, -0.05) is 0 Å². The van der Waals surface area contributed by atoms with Crippen LogP contribution in [-0.4, -0.2) is 59.6 Å². The number of rotatable bonds is 2. The number of β-amino-alcohol motifs (C(OH)–C–C–N with tert-alkyl or cyclic N) is 2. The van der Waals surface area contributed by atoms with Crippen LogP contribution in [0.3, 0.4) is 0 Å². The summed E-state index contributed by atoms with van der Waals surface area (Å²) in [4.78, 5) is 17.6. The van der Waals surface area contributed by atoms with Gasteiger partial charge in [-0.15, -0.1) is 0 Å². The molecule has 2 unspecified atom stereocenters. The Morgan fingerprint density at radius 1 is 1.50 bits per heavy atom. The third-order valence-electron chi connectivity index (χ3n) is 3.24. The number of nitrogens with two attached hydrogens (primary N) is 1. The molecular weight excluding hydrogens is 330 g/mol. The molecule has 0 spiro atoms. The molecule has 2 atom stereocenters. The topological polar surface area (TPSA) is 109 Å². The fourth-order valence-corrected chi connectivity index (χ4v) is 2.47. The second-order valence-corrected chi connectivity index (χ2v) is 5.55. The van der Waals surface area contributed by atoms with Crippen LogP contribution in [0.25, 0.3) is 0 Å². The van der Waals surface area contributed by atoms with Gasteiger partial charge in [0.1, 0.15) is 11.4 Å². The summed E-state index contributed by atoms with van der Waals surface area (Å²) in [6.45, 7) is 0.383. The van der Waals surface area contributed by atoms with Crippen molar-refractivity contribution in [3.8, 4) is 0 Å². The Balaban J connectivity index is 2.35. The maximum Gasteiger partial charge on any atom is 0.341 e. The van der Waals surface area contributed by atoms with Crippen molar-refractivity contribution >= 4 is 27.7 Å². The van der Waals surface area contributed by atoms with Crippen LogP contribution < -0.4 is 10.6 Å². The van der Waals surface area contributed by atoms with Crippen molar-refractivity contribution in [3.05, 3.63) is 22.3 Å². The number of hydrogen-bond donors (Lipinski definition) is 3. The van der Waals surface area contributed by atoms with Gasteiger partial charge in [0, 0.05) is 23.8 Å². The van der Waals surface area contributed by atoms with Crippen molar-refractivity contribution < 1.29 is 19.7 Å². The average Bonchev–Trinajstić information content (AvgIpc) is 2.43. The van der Waals surface area contributed by atoms with Crippen molar-refractivity contribution in [2.24, 2.45) is 5.73 Å². The van der Waals surface area contributed by atoms with Gasteiger partial charge in [-0.25, -0.2) is 9.78 Å². The Kier molecular flexibility index (Phi) is 4.59. The molecule has 1 aromatic heterocycles. The summed E-state index contributed by atoms with van der Waals surface area (Å²) in [5.74, 6) is -0.183. The number of carbonyl (C=O) groups excluding carboxylic acids is 1. The van der Waals surface area contributed by atoms with E-state index in [-0.39, 0.29) is 18.7 Å². The number of hydrogen-bond acceptors (Lipinski definition) is 7. The van der Waals surface area contributed by atoms with Gasteiger partial charge in [0.15, 0.2) is 0 Å². The summed E-state index contributed by atoms with van der Waals surface area (Å²) in [5.41, 5.74) is 5.92. The smallest absolute Gasteiger partial charge is 0.341 e. The minimum atomic E-state index is -0.894. The molecule has 0 radical (unpaired) electrons. The molecule has 2 heterocycles. The van der Waals surface area contributed by atoms with Crippen LogP contribution in [0, 0.1) is 0 Å². The second-order valence-electron chi connectivity index (χ2n) is 4.63. The third kappa shape index (κ3) is 2.93. The number of nitrogens with zero attached hydrogens (tertiary/aromatic N) is 2. The first-order valence-electron chi connectivity index (χ1n) is 6.04. The van der Waals surface area contributed by atoms with Crippen molar-refractivity contribution in [2.75, 3.05) is 25.1 Å². The predicted octanol–water partition coefficient (Wildman–Crippen LogP) is -0.500. The molecule has 1 saturated heterocycles. The first-order chi connectivity index (χ1) is 9.43. The lowest BCUT2D eigenvalue weighted by Gasteiger charge is -2.38. The van der Waals surface area contributed by atoms with E-state index in [9.17, 15) is 15.0 Å². The van der Waals surface area contributed by atoms with Crippen molar-refractivity contribution in [1.82, 2.24) is 4.98 Å². The fourth-order valence-electron chi connectivity index (χ4n) is 2.14. The molecule has 4 N–H and O–H groups in total.